The highest BCUT2D eigenvalue weighted by molar-refractivity contribution is 7.89. The van der Waals surface area contributed by atoms with Crippen LogP contribution in [0.3, 0.4) is 0 Å². The molecule has 9 nitrogen and oxygen atoms in total. The summed E-state index contributed by atoms with van der Waals surface area (Å²) in [7, 11) is -4.08. The molecule has 0 radical (unpaired) electrons. The maximum Gasteiger partial charge on any atom is 0.278 e. The average molecular weight is 480 g/mol. The summed E-state index contributed by atoms with van der Waals surface area (Å²) >= 11 is 6.01. The fraction of sp³-hybridized carbons (Fsp3) is 0.250. The summed E-state index contributed by atoms with van der Waals surface area (Å²) in [5.41, 5.74) is 1.22. The van der Waals surface area contributed by atoms with Gasteiger partial charge in [-0.25, -0.2) is 17.5 Å². The van der Waals surface area contributed by atoms with Crippen LogP contribution < -0.4 is 5.32 Å². The molecule has 0 spiro atoms. The number of morpholine rings is 1. The van der Waals surface area contributed by atoms with Gasteiger partial charge in [-0.1, -0.05) is 22.9 Å². The number of benzene rings is 2. The van der Waals surface area contributed by atoms with Crippen molar-refractivity contribution in [3.63, 3.8) is 0 Å². The van der Waals surface area contributed by atoms with Crippen molar-refractivity contribution in [2.75, 3.05) is 31.6 Å². The number of aromatic nitrogens is 3. The Morgan fingerprint density at radius 3 is 2.66 bits per heavy atom. The highest BCUT2D eigenvalue weighted by Crippen LogP contribution is 2.24. The largest absolute Gasteiger partial charge is 0.379 e. The first-order chi connectivity index (χ1) is 15.3. The van der Waals surface area contributed by atoms with Crippen LogP contribution in [-0.4, -0.2) is 59.9 Å². The summed E-state index contributed by atoms with van der Waals surface area (Å²) in [5.74, 6) is -1.52. The molecule has 0 atom stereocenters. The number of nitrogens with one attached hydrogen (secondary N) is 1. The van der Waals surface area contributed by atoms with Gasteiger partial charge in [-0.2, -0.15) is 4.31 Å². The Bertz CT molecular complexity index is 1270. The van der Waals surface area contributed by atoms with Gasteiger partial charge in [0.05, 0.1) is 24.6 Å². The van der Waals surface area contributed by atoms with Gasteiger partial charge in [0.25, 0.3) is 5.91 Å². The van der Waals surface area contributed by atoms with Crippen LogP contribution in [0, 0.1) is 12.7 Å². The zero-order valence-electron chi connectivity index (χ0n) is 17.0. The van der Waals surface area contributed by atoms with Crippen molar-refractivity contribution >= 4 is 33.2 Å². The van der Waals surface area contributed by atoms with Crippen LogP contribution in [0.25, 0.3) is 5.69 Å². The van der Waals surface area contributed by atoms with Crippen LogP contribution in [0.4, 0.5) is 10.1 Å². The van der Waals surface area contributed by atoms with Crippen molar-refractivity contribution in [2.45, 2.75) is 11.8 Å². The standard InChI is InChI=1S/C20H19ClFN5O4S/c1-13-19(24-25-27(13)16-4-2-3-14(21)11-16)20(28)23-15-5-6-17(22)18(12-15)32(29,30)26-7-9-31-10-8-26/h2-6,11-12H,7-10H2,1H3,(H,23,28). The van der Waals surface area contributed by atoms with Crippen LogP contribution in [0.2, 0.25) is 5.02 Å². The molecular weight excluding hydrogens is 461 g/mol. The highest BCUT2D eigenvalue weighted by Gasteiger charge is 2.29. The van der Waals surface area contributed by atoms with E-state index in [1.807, 2.05) is 0 Å². The Hall–Kier alpha value is -2.86. The minimum Gasteiger partial charge on any atom is -0.379 e. The van der Waals surface area contributed by atoms with Gasteiger partial charge in [0.2, 0.25) is 10.0 Å². The second-order valence-corrected chi connectivity index (χ2v) is 9.37. The Morgan fingerprint density at radius 1 is 1.19 bits per heavy atom. The fourth-order valence-electron chi connectivity index (χ4n) is 3.29. The molecule has 1 aromatic heterocycles. The Balaban J connectivity index is 1.59. The lowest BCUT2D eigenvalue weighted by Crippen LogP contribution is -2.40. The average Bonchev–Trinajstić information content (AvgIpc) is 3.17. The van der Waals surface area contributed by atoms with Crippen LogP contribution in [0.5, 0.6) is 0 Å². The number of sulfonamides is 1. The quantitative estimate of drug-likeness (QED) is 0.603. The number of amides is 1. The minimum atomic E-state index is -4.08. The predicted octanol–water partition coefficient (Wildman–Crippen LogP) is 2.64. The molecule has 0 bridgehead atoms. The lowest BCUT2D eigenvalue weighted by atomic mass is 10.2. The van der Waals surface area contributed by atoms with E-state index in [0.29, 0.717) is 16.4 Å². The van der Waals surface area contributed by atoms with E-state index < -0.39 is 26.6 Å². The molecule has 1 N–H and O–H groups in total. The highest BCUT2D eigenvalue weighted by atomic mass is 35.5. The van der Waals surface area contributed by atoms with Crippen molar-refractivity contribution in [3.8, 4) is 5.69 Å². The molecule has 0 saturated carbocycles. The summed E-state index contributed by atoms with van der Waals surface area (Å²) < 4.78 is 47.8. The second kappa shape index (κ2) is 8.94. The molecule has 168 valence electrons. The summed E-state index contributed by atoms with van der Waals surface area (Å²) in [5, 5.41) is 11.0. The Morgan fingerprint density at radius 2 is 1.94 bits per heavy atom. The maximum absolute atomic E-state index is 14.4. The molecule has 32 heavy (non-hydrogen) atoms. The van der Waals surface area contributed by atoms with Gasteiger partial charge in [0.15, 0.2) is 5.69 Å². The molecule has 2 aromatic carbocycles. The number of rotatable bonds is 5. The second-order valence-electron chi connectivity index (χ2n) is 7.03. The zero-order valence-corrected chi connectivity index (χ0v) is 18.5. The maximum atomic E-state index is 14.4. The zero-order chi connectivity index (χ0) is 22.9. The third-order valence-electron chi connectivity index (χ3n) is 4.94. The number of carbonyl (C=O) groups is 1. The molecule has 1 aliphatic rings. The number of nitrogens with zero attached hydrogens (tertiary/aromatic N) is 4. The molecule has 2 heterocycles. The van der Waals surface area contributed by atoms with Crippen LogP contribution in [0.1, 0.15) is 16.2 Å². The Labute approximate surface area is 188 Å². The van der Waals surface area contributed by atoms with E-state index in [1.165, 1.54) is 10.7 Å². The van der Waals surface area contributed by atoms with Crippen molar-refractivity contribution in [3.05, 3.63) is 64.7 Å². The monoisotopic (exact) mass is 479 g/mol. The van der Waals surface area contributed by atoms with Gasteiger partial charge in [0.1, 0.15) is 10.7 Å². The summed E-state index contributed by atoms with van der Waals surface area (Å²) in [4.78, 5) is 12.3. The SMILES string of the molecule is Cc1c(C(=O)Nc2ccc(F)c(S(=O)(=O)N3CCOCC3)c2)nnn1-c1cccc(Cl)c1. The lowest BCUT2D eigenvalue weighted by molar-refractivity contribution is 0.0729. The van der Waals surface area contributed by atoms with Gasteiger partial charge < -0.3 is 10.1 Å². The smallest absolute Gasteiger partial charge is 0.278 e. The lowest BCUT2D eigenvalue weighted by Gasteiger charge is -2.26. The minimum absolute atomic E-state index is 0.0342. The van der Waals surface area contributed by atoms with Crippen LogP contribution >= 0.6 is 11.6 Å². The van der Waals surface area contributed by atoms with Gasteiger partial charge >= 0.3 is 0 Å². The Kier molecular flexibility index (Phi) is 6.24. The topological polar surface area (TPSA) is 106 Å². The van der Waals surface area contributed by atoms with Crippen molar-refractivity contribution in [1.29, 1.82) is 0 Å². The predicted molar refractivity (Wildman–Crippen MR) is 115 cm³/mol. The van der Waals surface area contributed by atoms with E-state index in [9.17, 15) is 17.6 Å². The fourth-order valence-corrected chi connectivity index (χ4v) is 4.97. The van der Waals surface area contributed by atoms with E-state index in [2.05, 4.69) is 15.6 Å². The summed E-state index contributed by atoms with van der Waals surface area (Å²) in [6.45, 7) is 2.39. The number of carbonyl (C=O) groups excluding carboxylic acids is 1. The summed E-state index contributed by atoms with van der Waals surface area (Å²) in [6.07, 6.45) is 0. The van der Waals surface area contributed by atoms with E-state index in [-0.39, 0.29) is 37.7 Å². The number of anilines is 1. The van der Waals surface area contributed by atoms with Crippen molar-refractivity contribution < 1.29 is 22.3 Å². The van der Waals surface area contributed by atoms with E-state index >= 15 is 0 Å². The molecule has 4 rings (SSSR count). The number of hydrogen-bond acceptors (Lipinski definition) is 6. The molecule has 3 aromatic rings. The number of halogens is 2. The molecule has 0 unspecified atom stereocenters. The summed E-state index contributed by atoms with van der Waals surface area (Å²) in [6, 6.07) is 10.3. The van der Waals surface area contributed by atoms with Gasteiger partial charge in [0, 0.05) is 23.8 Å². The molecule has 12 heteroatoms. The van der Waals surface area contributed by atoms with Crippen LogP contribution in [0.15, 0.2) is 47.4 Å². The molecule has 1 saturated heterocycles. The number of ether oxygens (including phenoxy) is 1. The van der Waals surface area contributed by atoms with Gasteiger partial charge in [-0.05, 0) is 43.3 Å². The van der Waals surface area contributed by atoms with Gasteiger partial charge in [-0.15, -0.1) is 5.10 Å². The first-order valence-electron chi connectivity index (χ1n) is 9.64. The van der Waals surface area contributed by atoms with E-state index in [4.69, 9.17) is 16.3 Å². The number of hydrogen-bond donors (Lipinski definition) is 1. The first-order valence-corrected chi connectivity index (χ1v) is 11.5. The van der Waals surface area contributed by atoms with E-state index in [1.54, 1.807) is 31.2 Å². The first kappa shape index (κ1) is 22.3. The third-order valence-corrected chi connectivity index (χ3v) is 7.09. The molecule has 1 aliphatic heterocycles. The van der Waals surface area contributed by atoms with Crippen molar-refractivity contribution in [2.24, 2.45) is 0 Å². The van der Waals surface area contributed by atoms with Crippen LogP contribution in [-0.2, 0) is 14.8 Å². The third kappa shape index (κ3) is 4.37. The van der Waals surface area contributed by atoms with E-state index in [0.717, 1.165) is 16.4 Å². The molecule has 0 aliphatic carbocycles. The molecule has 1 fully saturated rings. The molecular formula is C20H19ClFN5O4S. The van der Waals surface area contributed by atoms with Gasteiger partial charge in [-0.3, -0.25) is 4.79 Å². The normalized spacial score (nSPS) is 15.0. The molecule has 1 amide bonds. The van der Waals surface area contributed by atoms with Crippen molar-refractivity contribution in [1.82, 2.24) is 19.3 Å².